The maximum atomic E-state index is 13.0. The molecular weight excluding hydrogens is 388 g/mol. The molecule has 1 fully saturated rings. The molecule has 7 heteroatoms. The van der Waals surface area contributed by atoms with E-state index in [0.29, 0.717) is 29.9 Å². The summed E-state index contributed by atoms with van der Waals surface area (Å²) < 4.78 is 1.73. The van der Waals surface area contributed by atoms with Crippen molar-refractivity contribution in [1.29, 1.82) is 0 Å². The number of aromatic nitrogens is 4. The van der Waals surface area contributed by atoms with Gasteiger partial charge in [0.25, 0.3) is 5.91 Å². The third-order valence-corrected chi connectivity index (χ3v) is 6.40. The summed E-state index contributed by atoms with van der Waals surface area (Å²) >= 11 is 0. The van der Waals surface area contributed by atoms with E-state index in [2.05, 4.69) is 39.6 Å². The summed E-state index contributed by atoms with van der Waals surface area (Å²) in [6.45, 7) is 4.55. The van der Waals surface area contributed by atoms with Gasteiger partial charge in [-0.25, -0.2) is 9.97 Å². The average Bonchev–Trinajstić information content (AvgIpc) is 3.44. The van der Waals surface area contributed by atoms with Crippen LogP contribution in [0, 0.1) is 0 Å². The molecule has 1 N–H and O–H groups in total. The number of nitrogens with zero attached hydrogens (tertiary/aromatic N) is 5. The molecule has 7 nitrogen and oxygen atoms in total. The molecule has 1 amide bonds. The summed E-state index contributed by atoms with van der Waals surface area (Å²) in [5.74, 6) is 1.74. The molecule has 1 aromatic carbocycles. The van der Waals surface area contributed by atoms with Crippen molar-refractivity contribution < 1.29 is 4.79 Å². The van der Waals surface area contributed by atoms with Gasteiger partial charge in [0.15, 0.2) is 0 Å². The molecule has 2 aromatic heterocycles. The summed E-state index contributed by atoms with van der Waals surface area (Å²) in [6, 6.07) is 8.78. The predicted octanol–water partition coefficient (Wildman–Crippen LogP) is 4.82. The summed E-state index contributed by atoms with van der Waals surface area (Å²) in [5, 5.41) is 3.45. The smallest absolute Gasteiger partial charge is 0.273 e. The number of carbonyl (C=O) groups excluding carboxylic acids is 1. The third kappa shape index (κ3) is 3.80. The van der Waals surface area contributed by atoms with Gasteiger partial charge in [0.05, 0.1) is 6.54 Å². The standard InChI is InChI=1S/C24H28N6O/c1-16(2)30-14-20-21(23(30)31)27-24(29-13-12-25-15-29)28-22(20)26-19-10-8-18(9-11-19)17-6-4-3-5-7-17/h8-13,15-17H,3-7,14H2,1-2H3,(H,26,27,28). The quantitative estimate of drug-likeness (QED) is 0.645. The Balaban J connectivity index is 1.47. The number of hydrogen-bond acceptors (Lipinski definition) is 5. The molecule has 1 saturated carbocycles. The van der Waals surface area contributed by atoms with E-state index in [4.69, 9.17) is 4.98 Å². The van der Waals surface area contributed by atoms with Crippen molar-refractivity contribution in [2.24, 2.45) is 0 Å². The van der Waals surface area contributed by atoms with Crippen molar-refractivity contribution >= 4 is 17.4 Å². The van der Waals surface area contributed by atoms with E-state index in [1.807, 2.05) is 18.7 Å². The minimum Gasteiger partial charge on any atom is -0.340 e. The highest BCUT2D eigenvalue weighted by molar-refractivity contribution is 5.98. The molecule has 0 atom stereocenters. The monoisotopic (exact) mass is 416 g/mol. The molecule has 0 radical (unpaired) electrons. The first kappa shape index (κ1) is 19.7. The van der Waals surface area contributed by atoms with Crippen LogP contribution < -0.4 is 5.32 Å². The number of fused-ring (bicyclic) bond motifs is 1. The second-order valence-corrected chi connectivity index (χ2v) is 8.78. The first-order valence-electron chi connectivity index (χ1n) is 11.2. The van der Waals surface area contributed by atoms with Gasteiger partial charge in [-0.2, -0.15) is 4.98 Å². The second-order valence-electron chi connectivity index (χ2n) is 8.78. The number of imidazole rings is 1. The van der Waals surface area contributed by atoms with Gasteiger partial charge in [0, 0.05) is 29.7 Å². The van der Waals surface area contributed by atoms with E-state index in [9.17, 15) is 4.79 Å². The summed E-state index contributed by atoms with van der Waals surface area (Å²) in [4.78, 5) is 28.2. The maximum Gasteiger partial charge on any atom is 0.273 e. The molecule has 3 aromatic rings. The van der Waals surface area contributed by atoms with Gasteiger partial charge >= 0.3 is 0 Å². The normalized spacial score (nSPS) is 16.7. The minimum atomic E-state index is -0.0514. The van der Waals surface area contributed by atoms with E-state index in [1.165, 1.54) is 37.7 Å². The van der Waals surface area contributed by atoms with E-state index in [-0.39, 0.29) is 11.9 Å². The van der Waals surface area contributed by atoms with Gasteiger partial charge < -0.3 is 10.2 Å². The Labute approximate surface area is 182 Å². The van der Waals surface area contributed by atoms with Crippen molar-refractivity contribution in [3.8, 4) is 5.95 Å². The summed E-state index contributed by atoms with van der Waals surface area (Å²) in [7, 11) is 0. The second kappa shape index (κ2) is 8.13. The van der Waals surface area contributed by atoms with Crippen LogP contribution in [0.5, 0.6) is 0 Å². The number of nitrogens with one attached hydrogen (secondary N) is 1. The van der Waals surface area contributed by atoms with Crippen molar-refractivity contribution in [2.45, 2.75) is 64.5 Å². The van der Waals surface area contributed by atoms with Crippen LogP contribution in [0.15, 0.2) is 43.0 Å². The molecule has 160 valence electrons. The SMILES string of the molecule is CC(C)N1Cc2c(Nc3ccc(C4CCCCC4)cc3)nc(-n3ccnc3)nc2C1=O. The molecule has 5 rings (SSSR count). The van der Waals surface area contributed by atoms with Gasteiger partial charge in [0.1, 0.15) is 17.8 Å². The zero-order valence-corrected chi connectivity index (χ0v) is 18.1. The lowest BCUT2D eigenvalue weighted by Gasteiger charge is -2.22. The van der Waals surface area contributed by atoms with Crippen LogP contribution in [0.25, 0.3) is 5.95 Å². The molecule has 1 aliphatic heterocycles. The molecule has 2 aliphatic rings. The van der Waals surface area contributed by atoms with Crippen LogP contribution in [-0.4, -0.2) is 36.4 Å². The Morgan fingerprint density at radius 1 is 1.06 bits per heavy atom. The van der Waals surface area contributed by atoms with Crippen LogP contribution in [0.4, 0.5) is 11.5 Å². The van der Waals surface area contributed by atoms with Crippen molar-refractivity contribution in [1.82, 2.24) is 24.4 Å². The molecule has 0 spiro atoms. The van der Waals surface area contributed by atoms with Crippen molar-refractivity contribution in [3.05, 3.63) is 59.8 Å². The zero-order valence-electron chi connectivity index (χ0n) is 18.1. The van der Waals surface area contributed by atoms with Crippen LogP contribution >= 0.6 is 0 Å². The Hall–Kier alpha value is -3.22. The van der Waals surface area contributed by atoms with Crippen LogP contribution in [0.3, 0.4) is 0 Å². The number of benzene rings is 1. The predicted molar refractivity (Wildman–Crippen MR) is 120 cm³/mol. The summed E-state index contributed by atoms with van der Waals surface area (Å²) in [6.07, 6.45) is 11.7. The molecule has 3 heterocycles. The molecule has 0 unspecified atom stereocenters. The summed E-state index contributed by atoms with van der Waals surface area (Å²) in [5.41, 5.74) is 3.69. The Kier molecular flexibility index (Phi) is 5.18. The van der Waals surface area contributed by atoms with E-state index in [1.54, 1.807) is 23.3 Å². The number of rotatable bonds is 5. The Morgan fingerprint density at radius 2 is 1.84 bits per heavy atom. The van der Waals surface area contributed by atoms with Crippen molar-refractivity contribution in [2.75, 3.05) is 5.32 Å². The van der Waals surface area contributed by atoms with Gasteiger partial charge in [-0.3, -0.25) is 9.36 Å². The number of amides is 1. The lowest BCUT2D eigenvalue weighted by atomic mass is 9.84. The Bertz CT molecular complexity index is 1070. The molecule has 0 saturated heterocycles. The highest BCUT2D eigenvalue weighted by Crippen LogP contribution is 2.34. The number of carbonyl (C=O) groups is 1. The highest BCUT2D eigenvalue weighted by Gasteiger charge is 2.34. The Morgan fingerprint density at radius 3 is 2.52 bits per heavy atom. The van der Waals surface area contributed by atoms with E-state index in [0.717, 1.165) is 11.3 Å². The fourth-order valence-electron chi connectivity index (χ4n) is 4.60. The fraction of sp³-hybridized carbons (Fsp3) is 0.417. The van der Waals surface area contributed by atoms with Crippen molar-refractivity contribution in [3.63, 3.8) is 0 Å². The maximum absolute atomic E-state index is 13.0. The lowest BCUT2D eigenvalue weighted by molar-refractivity contribution is 0.0726. The lowest BCUT2D eigenvalue weighted by Crippen LogP contribution is -2.31. The van der Waals surface area contributed by atoms with E-state index >= 15 is 0 Å². The largest absolute Gasteiger partial charge is 0.340 e. The minimum absolute atomic E-state index is 0.0514. The van der Waals surface area contributed by atoms with Gasteiger partial charge in [-0.1, -0.05) is 31.4 Å². The first-order valence-corrected chi connectivity index (χ1v) is 11.2. The molecule has 31 heavy (non-hydrogen) atoms. The third-order valence-electron chi connectivity index (χ3n) is 6.40. The van der Waals surface area contributed by atoms with Crippen LogP contribution in [-0.2, 0) is 6.54 Å². The van der Waals surface area contributed by atoms with Gasteiger partial charge in [-0.05, 0) is 50.3 Å². The van der Waals surface area contributed by atoms with E-state index < -0.39 is 0 Å². The van der Waals surface area contributed by atoms with Crippen LogP contribution in [0.2, 0.25) is 0 Å². The number of anilines is 2. The molecule has 0 bridgehead atoms. The zero-order chi connectivity index (χ0) is 21.4. The first-order chi connectivity index (χ1) is 15.1. The molecule has 1 aliphatic carbocycles. The average molecular weight is 417 g/mol. The number of hydrogen-bond donors (Lipinski definition) is 1. The molecular formula is C24H28N6O. The van der Waals surface area contributed by atoms with Gasteiger partial charge in [-0.15, -0.1) is 0 Å². The van der Waals surface area contributed by atoms with Crippen LogP contribution in [0.1, 0.15) is 73.5 Å². The highest BCUT2D eigenvalue weighted by atomic mass is 16.2. The fourth-order valence-corrected chi connectivity index (χ4v) is 4.60. The topological polar surface area (TPSA) is 75.9 Å². The van der Waals surface area contributed by atoms with Gasteiger partial charge in [0.2, 0.25) is 5.95 Å².